The highest BCUT2D eigenvalue weighted by molar-refractivity contribution is 5.74. The first-order valence-electron chi connectivity index (χ1n) is 8.72. The van der Waals surface area contributed by atoms with Crippen molar-refractivity contribution in [3.63, 3.8) is 0 Å². The molecule has 1 saturated heterocycles. The fourth-order valence-corrected chi connectivity index (χ4v) is 3.63. The van der Waals surface area contributed by atoms with Gasteiger partial charge in [-0.3, -0.25) is 0 Å². The van der Waals surface area contributed by atoms with Crippen LogP contribution in [0, 0.1) is 0 Å². The Balaban J connectivity index is 1.33. The number of urea groups is 1. The third-order valence-corrected chi connectivity index (χ3v) is 5.06. The van der Waals surface area contributed by atoms with Gasteiger partial charge in [-0.1, -0.05) is 36.4 Å². The maximum Gasteiger partial charge on any atom is 0.317 e. The van der Waals surface area contributed by atoms with E-state index in [4.69, 9.17) is 4.74 Å². The molecule has 0 saturated carbocycles. The Morgan fingerprint density at radius 3 is 2.96 bits per heavy atom. The van der Waals surface area contributed by atoms with Crippen LogP contribution in [0.3, 0.4) is 0 Å². The van der Waals surface area contributed by atoms with Crippen molar-refractivity contribution in [3.05, 3.63) is 65.2 Å². The largest absolute Gasteiger partial charge is 0.508 e. The van der Waals surface area contributed by atoms with Crippen LogP contribution in [-0.4, -0.2) is 42.3 Å². The van der Waals surface area contributed by atoms with Crippen molar-refractivity contribution in [2.24, 2.45) is 0 Å². The van der Waals surface area contributed by atoms with Gasteiger partial charge >= 0.3 is 6.03 Å². The predicted molar refractivity (Wildman–Crippen MR) is 94.7 cm³/mol. The van der Waals surface area contributed by atoms with E-state index in [9.17, 15) is 9.90 Å². The third-order valence-electron chi connectivity index (χ3n) is 5.06. The summed E-state index contributed by atoms with van der Waals surface area (Å²) in [6, 6.07) is 15.4. The Labute approximate surface area is 147 Å². The summed E-state index contributed by atoms with van der Waals surface area (Å²) in [6.45, 7) is 2.25. The van der Waals surface area contributed by atoms with Crippen molar-refractivity contribution in [2.45, 2.75) is 18.4 Å². The van der Waals surface area contributed by atoms with Crippen LogP contribution in [0.25, 0.3) is 0 Å². The Morgan fingerprint density at radius 2 is 2.12 bits per heavy atom. The van der Waals surface area contributed by atoms with Gasteiger partial charge in [0.25, 0.3) is 0 Å². The maximum atomic E-state index is 12.5. The average Bonchev–Trinajstić information content (AvgIpc) is 2.62. The Kier molecular flexibility index (Phi) is 4.32. The number of hydrogen-bond donors (Lipinski definition) is 2. The van der Waals surface area contributed by atoms with Crippen molar-refractivity contribution < 1.29 is 14.6 Å². The van der Waals surface area contributed by atoms with Gasteiger partial charge in [0.15, 0.2) is 0 Å². The topological polar surface area (TPSA) is 61.8 Å². The molecule has 2 amide bonds. The normalized spacial score (nSPS) is 22.0. The monoisotopic (exact) mass is 338 g/mol. The molecule has 0 bridgehead atoms. The highest BCUT2D eigenvalue weighted by atomic mass is 16.5. The second-order valence-corrected chi connectivity index (χ2v) is 6.69. The molecule has 1 heterocycles. The number of aromatic hydroxyl groups is 1. The minimum Gasteiger partial charge on any atom is -0.508 e. The molecule has 2 N–H and O–H groups in total. The molecule has 1 aliphatic carbocycles. The number of nitrogens with zero attached hydrogens (tertiary/aromatic N) is 1. The van der Waals surface area contributed by atoms with Crippen LogP contribution in [-0.2, 0) is 11.2 Å². The van der Waals surface area contributed by atoms with E-state index < -0.39 is 0 Å². The molecule has 2 aromatic carbocycles. The molecule has 1 aliphatic heterocycles. The molecule has 0 spiro atoms. The van der Waals surface area contributed by atoms with Crippen LogP contribution >= 0.6 is 0 Å². The van der Waals surface area contributed by atoms with Crippen LogP contribution < -0.4 is 5.32 Å². The Bertz CT molecular complexity index is 777. The standard InChI is InChI=1S/C20H22N2O3/c23-17-6-3-5-15(11-17)19-13-22(8-9-25-19)20(24)21-12-16-10-14-4-1-2-7-18(14)16/h1-7,11,16,19,23H,8-10,12-13H2,(H,21,24)/t16-,19+/m0/s1. The first kappa shape index (κ1) is 16.0. The minimum absolute atomic E-state index is 0.0437. The lowest BCUT2D eigenvalue weighted by Crippen LogP contribution is -2.48. The molecule has 2 aliphatic rings. The molecule has 4 rings (SSSR count). The number of amides is 2. The summed E-state index contributed by atoms with van der Waals surface area (Å²) in [5.74, 6) is 0.634. The fraction of sp³-hybridized carbons (Fsp3) is 0.350. The molecule has 2 aromatic rings. The zero-order valence-corrected chi connectivity index (χ0v) is 14.0. The van der Waals surface area contributed by atoms with Crippen molar-refractivity contribution >= 4 is 6.03 Å². The predicted octanol–water partition coefficient (Wildman–Crippen LogP) is 2.82. The number of rotatable bonds is 3. The molecule has 1 fully saturated rings. The number of morpholine rings is 1. The molecule has 5 nitrogen and oxygen atoms in total. The Hall–Kier alpha value is -2.53. The van der Waals surface area contributed by atoms with Crippen LogP contribution in [0.2, 0.25) is 0 Å². The van der Waals surface area contributed by atoms with Gasteiger partial charge in [0.2, 0.25) is 0 Å². The van der Waals surface area contributed by atoms with E-state index in [1.54, 1.807) is 23.1 Å². The summed E-state index contributed by atoms with van der Waals surface area (Å²) in [6.07, 6.45) is 0.835. The average molecular weight is 338 g/mol. The number of carbonyl (C=O) groups excluding carboxylic acids is 1. The van der Waals surface area contributed by atoms with Gasteiger partial charge in [-0.15, -0.1) is 0 Å². The second kappa shape index (κ2) is 6.76. The van der Waals surface area contributed by atoms with Crippen LogP contribution in [0.1, 0.15) is 28.7 Å². The number of nitrogens with one attached hydrogen (secondary N) is 1. The highest BCUT2D eigenvalue weighted by Gasteiger charge is 2.28. The lowest BCUT2D eigenvalue weighted by molar-refractivity contribution is -0.0155. The Morgan fingerprint density at radius 1 is 1.24 bits per heavy atom. The zero-order chi connectivity index (χ0) is 17.2. The molecular weight excluding hydrogens is 316 g/mol. The number of benzene rings is 2. The molecule has 0 radical (unpaired) electrons. The number of phenolic OH excluding ortho intramolecular Hbond substituents is 1. The smallest absolute Gasteiger partial charge is 0.317 e. The number of phenols is 1. The number of hydrogen-bond acceptors (Lipinski definition) is 3. The second-order valence-electron chi connectivity index (χ2n) is 6.69. The van der Waals surface area contributed by atoms with Crippen molar-refractivity contribution in [2.75, 3.05) is 26.2 Å². The van der Waals surface area contributed by atoms with E-state index in [1.165, 1.54) is 11.1 Å². The molecule has 0 unspecified atom stereocenters. The lowest BCUT2D eigenvalue weighted by atomic mass is 9.78. The van der Waals surface area contributed by atoms with E-state index in [-0.39, 0.29) is 17.9 Å². The van der Waals surface area contributed by atoms with Gasteiger partial charge in [0.1, 0.15) is 11.9 Å². The summed E-state index contributed by atoms with van der Waals surface area (Å²) >= 11 is 0. The number of carbonyl (C=O) groups is 1. The van der Waals surface area contributed by atoms with Crippen molar-refractivity contribution in [3.8, 4) is 5.75 Å². The zero-order valence-electron chi connectivity index (χ0n) is 14.0. The van der Waals surface area contributed by atoms with Gasteiger partial charge in [-0.05, 0) is 35.2 Å². The quantitative estimate of drug-likeness (QED) is 0.905. The van der Waals surface area contributed by atoms with Gasteiger partial charge in [0.05, 0.1) is 13.2 Å². The van der Waals surface area contributed by atoms with Gasteiger partial charge in [-0.2, -0.15) is 0 Å². The maximum absolute atomic E-state index is 12.5. The molecule has 5 heteroatoms. The SMILES string of the molecule is O=C(NC[C@@H]1Cc2ccccc21)N1CCO[C@@H](c2cccc(O)c2)C1. The van der Waals surface area contributed by atoms with Gasteiger partial charge in [-0.25, -0.2) is 4.79 Å². The summed E-state index contributed by atoms with van der Waals surface area (Å²) in [5, 5.41) is 12.7. The van der Waals surface area contributed by atoms with Crippen LogP contribution in [0.15, 0.2) is 48.5 Å². The molecule has 0 aromatic heterocycles. The summed E-state index contributed by atoms with van der Waals surface area (Å²) in [5.41, 5.74) is 3.63. The summed E-state index contributed by atoms with van der Waals surface area (Å²) in [4.78, 5) is 14.3. The number of fused-ring (bicyclic) bond motifs is 1. The van der Waals surface area contributed by atoms with E-state index in [0.717, 1.165) is 12.0 Å². The molecular formula is C20H22N2O3. The van der Waals surface area contributed by atoms with E-state index >= 15 is 0 Å². The first-order valence-corrected chi connectivity index (χ1v) is 8.72. The van der Waals surface area contributed by atoms with Crippen molar-refractivity contribution in [1.82, 2.24) is 10.2 Å². The third kappa shape index (κ3) is 3.33. The minimum atomic E-state index is -0.198. The van der Waals surface area contributed by atoms with E-state index in [1.807, 2.05) is 6.07 Å². The summed E-state index contributed by atoms with van der Waals surface area (Å²) in [7, 11) is 0. The molecule has 25 heavy (non-hydrogen) atoms. The number of ether oxygens (including phenoxy) is 1. The van der Waals surface area contributed by atoms with Crippen LogP contribution in [0.5, 0.6) is 5.75 Å². The lowest BCUT2D eigenvalue weighted by Gasteiger charge is -2.35. The van der Waals surface area contributed by atoms with E-state index in [0.29, 0.717) is 32.2 Å². The van der Waals surface area contributed by atoms with Gasteiger partial charge < -0.3 is 20.1 Å². The van der Waals surface area contributed by atoms with Crippen molar-refractivity contribution in [1.29, 1.82) is 0 Å². The summed E-state index contributed by atoms with van der Waals surface area (Å²) < 4.78 is 5.77. The van der Waals surface area contributed by atoms with E-state index in [2.05, 4.69) is 29.6 Å². The molecule has 2 atom stereocenters. The van der Waals surface area contributed by atoms with Crippen LogP contribution in [0.4, 0.5) is 4.79 Å². The first-order chi connectivity index (χ1) is 12.2. The highest BCUT2D eigenvalue weighted by Crippen LogP contribution is 2.34. The van der Waals surface area contributed by atoms with Gasteiger partial charge in [0, 0.05) is 19.0 Å². The molecule has 130 valence electrons. The fourth-order valence-electron chi connectivity index (χ4n) is 3.63.